The highest BCUT2D eigenvalue weighted by Gasteiger charge is 2.49. The Balaban J connectivity index is 0.000000578. The molecule has 2 heterocycles. The van der Waals surface area contributed by atoms with Gasteiger partial charge in [-0.3, -0.25) is 9.59 Å². The molecule has 0 bridgehead atoms. The van der Waals surface area contributed by atoms with Gasteiger partial charge in [0.25, 0.3) is 0 Å². The second-order valence-corrected chi connectivity index (χ2v) is 17.9. The van der Waals surface area contributed by atoms with Crippen LogP contribution in [0.3, 0.4) is 0 Å². The van der Waals surface area contributed by atoms with E-state index >= 15 is 0 Å². The Kier molecular flexibility index (Phi) is 19.0. The fourth-order valence-electron chi connectivity index (χ4n) is 6.15. The number of carbonyl (C=O) groups excluding carboxylic acids is 4. The summed E-state index contributed by atoms with van der Waals surface area (Å²) in [6.07, 6.45) is 11.3. The zero-order valence-electron chi connectivity index (χ0n) is 35.8. The van der Waals surface area contributed by atoms with Gasteiger partial charge in [0, 0.05) is 25.9 Å². The lowest BCUT2D eigenvalue weighted by molar-refractivity contribution is -0.174. The van der Waals surface area contributed by atoms with Crippen molar-refractivity contribution < 1.29 is 38.1 Å². The van der Waals surface area contributed by atoms with E-state index in [1.165, 1.54) is 0 Å². The Morgan fingerprint density at radius 1 is 0.692 bits per heavy atom. The maximum Gasteiger partial charge on any atom is 0.410 e. The van der Waals surface area contributed by atoms with Crippen molar-refractivity contribution in [2.24, 2.45) is 16.7 Å². The van der Waals surface area contributed by atoms with Crippen LogP contribution in [0.5, 0.6) is 0 Å². The molecule has 2 unspecified atom stereocenters. The standard InChI is InChI=1S/C27H51NO4.C15H27NO4/c1-9-13-16-26(17-14-10-2,18-15-11-3)32-24(30)28-20-19-27(21-28,22(5)6)31-23(29)25(7,8)12-4;1-7-15(5,6)12(17)19-11-8-9-16(10-11)13(18)20-14(2,3)4/h22H,9-21H2,1-8H3;11H,7-10H2,1-6H3. The molecule has 0 aromatic heterocycles. The SMILES string of the molecule is CCC(C)(C)C(=O)OC1CCN(C(=O)OC(C)(C)C)C1.CCCCC(CCCC)(CCCC)OC(=O)N1CCC(OC(=O)C(C)(C)CC)(C(C)C)C1. The molecule has 0 aromatic carbocycles. The van der Waals surface area contributed by atoms with Crippen LogP contribution >= 0.6 is 0 Å². The van der Waals surface area contributed by atoms with Crippen LogP contribution in [0.25, 0.3) is 0 Å². The van der Waals surface area contributed by atoms with E-state index in [4.69, 9.17) is 18.9 Å². The summed E-state index contributed by atoms with van der Waals surface area (Å²) in [5.41, 5.74) is -2.51. The van der Waals surface area contributed by atoms with Crippen LogP contribution in [-0.2, 0) is 28.5 Å². The number of esters is 2. The molecule has 10 heteroatoms. The first-order chi connectivity index (χ1) is 24.1. The van der Waals surface area contributed by atoms with E-state index in [0.29, 0.717) is 39.0 Å². The van der Waals surface area contributed by atoms with E-state index in [1.54, 1.807) is 9.80 Å². The minimum Gasteiger partial charge on any atom is -0.460 e. The number of unbranched alkanes of at least 4 members (excludes halogenated alkanes) is 3. The number of amides is 2. The average molecular weight is 739 g/mol. The Morgan fingerprint density at radius 3 is 1.62 bits per heavy atom. The summed E-state index contributed by atoms with van der Waals surface area (Å²) in [6.45, 7) is 29.8. The van der Waals surface area contributed by atoms with E-state index in [1.807, 2.05) is 62.3 Å². The van der Waals surface area contributed by atoms with Crippen molar-refractivity contribution in [1.29, 1.82) is 0 Å². The molecule has 2 amide bonds. The molecular weight excluding hydrogens is 660 g/mol. The Morgan fingerprint density at radius 2 is 1.17 bits per heavy atom. The van der Waals surface area contributed by atoms with Crippen LogP contribution in [0.15, 0.2) is 0 Å². The molecule has 2 saturated heterocycles. The molecule has 52 heavy (non-hydrogen) atoms. The third kappa shape index (κ3) is 14.7. The molecule has 0 saturated carbocycles. The van der Waals surface area contributed by atoms with Crippen LogP contribution in [0.2, 0.25) is 0 Å². The second-order valence-electron chi connectivity index (χ2n) is 17.9. The van der Waals surface area contributed by atoms with E-state index in [2.05, 4.69) is 34.6 Å². The molecule has 0 N–H and O–H groups in total. The topological polar surface area (TPSA) is 112 Å². The molecule has 0 radical (unpaired) electrons. The number of ether oxygens (including phenoxy) is 4. The van der Waals surface area contributed by atoms with Gasteiger partial charge in [0.2, 0.25) is 0 Å². The lowest BCUT2D eigenvalue weighted by atomic mass is 9.86. The highest BCUT2D eigenvalue weighted by molar-refractivity contribution is 5.77. The molecule has 0 spiro atoms. The third-order valence-corrected chi connectivity index (χ3v) is 11.1. The first-order valence-corrected chi connectivity index (χ1v) is 20.5. The summed E-state index contributed by atoms with van der Waals surface area (Å²) in [4.78, 5) is 53.5. The summed E-state index contributed by atoms with van der Waals surface area (Å²) in [5.74, 6) is -0.245. The number of hydrogen-bond donors (Lipinski definition) is 0. The smallest absolute Gasteiger partial charge is 0.410 e. The first-order valence-electron chi connectivity index (χ1n) is 20.5. The van der Waals surface area contributed by atoms with E-state index in [-0.39, 0.29) is 41.7 Å². The maximum absolute atomic E-state index is 13.4. The largest absolute Gasteiger partial charge is 0.460 e. The summed E-state index contributed by atoms with van der Waals surface area (Å²) in [7, 11) is 0. The fourth-order valence-corrected chi connectivity index (χ4v) is 6.15. The summed E-state index contributed by atoms with van der Waals surface area (Å²) in [6, 6.07) is 0. The first kappa shape index (κ1) is 47.5. The molecular formula is C42H78N2O8. The maximum atomic E-state index is 13.4. The van der Waals surface area contributed by atoms with Crippen LogP contribution in [-0.4, -0.2) is 83.0 Å². The minimum absolute atomic E-state index is 0.127. The van der Waals surface area contributed by atoms with Gasteiger partial charge < -0.3 is 28.7 Å². The van der Waals surface area contributed by atoms with Crippen molar-refractivity contribution in [3.63, 3.8) is 0 Å². The highest BCUT2D eigenvalue weighted by Crippen LogP contribution is 2.38. The van der Waals surface area contributed by atoms with Crippen LogP contribution in [0.4, 0.5) is 9.59 Å². The molecule has 0 aliphatic carbocycles. The second kappa shape index (κ2) is 20.8. The molecule has 0 aromatic rings. The summed E-state index contributed by atoms with van der Waals surface area (Å²) in [5, 5.41) is 0. The van der Waals surface area contributed by atoms with Gasteiger partial charge in [0.05, 0.1) is 23.9 Å². The number of nitrogens with zero attached hydrogens (tertiary/aromatic N) is 2. The van der Waals surface area contributed by atoms with Gasteiger partial charge in [-0.25, -0.2) is 9.59 Å². The Bertz CT molecular complexity index is 1110. The van der Waals surface area contributed by atoms with E-state index in [9.17, 15) is 19.2 Å². The molecule has 304 valence electrons. The molecule has 2 aliphatic heterocycles. The predicted molar refractivity (Wildman–Crippen MR) is 208 cm³/mol. The molecule has 2 atom stereocenters. The van der Waals surface area contributed by atoms with Gasteiger partial charge in [-0.05, 0) is 106 Å². The average Bonchev–Trinajstić information content (AvgIpc) is 3.73. The number of rotatable bonds is 17. The van der Waals surface area contributed by atoms with Gasteiger partial charge in [-0.2, -0.15) is 0 Å². The fraction of sp³-hybridized carbons (Fsp3) is 0.905. The minimum atomic E-state index is -0.637. The van der Waals surface area contributed by atoms with Crippen molar-refractivity contribution in [2.45, 2.75) is 203 Å². The quantitative estimate of drug-likeness (QED) is 0.107. The van der Waals surface area contributed by atoms with Gasteiger partial charge in [0.1, 0.15) is 22.9 Å². The van der Waals surface area contributed by atoms with Crippen LogP contribution < -0.4 is 0 Å². The van der Waals surface area contributed by atoms with Crippen molar-refractivity contribution in [3.05, 3.63) is 0 Å². The van der Waals surface area contributed by atoms with Crippen molar-refractivity contribution in [1.82, 2.24) is 9.80 Å². The zero-order valence-corrected chi connectivity index (χ0v) is 35.8. The Labute approximate surface area is 317 Å². The van der Waals surface area contributed by atoms with E-state index in [0.717, 1.165) is 70.6 Å². The Hall–Kier alpha value is -2.52. The van der Waals surface area contributed by atoms with Gasteiger partial charge in [-0.1, -0.05) is 67.7 Å². The lowest BCUT2D eigenvalue weighted by Crippen LogP contribution is -2.47. The number of hydrogen-bond acceptors (Lipinski definition) is 8. The van der Waals surface area contributed by atoms with Crippen LogP contribution in [0, 0.1) is 16.7 Å². The van der Waals surface area contributed by atoms with Crippen LogP contribution in [0.1, 0.15) is 180 Å². The molecule has 2 fully saturated rings. The summed E-state index contributed by atoms with van der Waals surface area (Å²) < 4.78 is 23.3. The van der Waals surface area contributed by atoms with Gasteiger partial charge in [0.15, 0.2) is 0 Å². The van der Waals surface area contributed by atoms with Gasteiger partial charge in [-0.15, -0.1) is 0 Å². The van der Waals surface area contributed by atoms with Crippen molar-refractivity contribution in [2.75, 3.05) is 26.2 Å². The molecule has 10 nitrogen and oxygen atoms in total. The van der Waals surface area contributed by atoms with Crippen molar-refractivity contribution >= 4 is 24.1 Å². The molecule has 2 rings (SSSR count). The number of likely N-dealkylation sites (tertiary alicyclic amines) is 2. The highest BCUT2D eigenvalue weighted by atomic mass is 16.6. The monoisotopic (exact) mass is 739 g/mol. The molecule has 2 aliphatic rings. The third-order valence-electron chi connectivity index (χ3n) is 11.1. The van der Waals surface area contributed by atoms with E-state index < -0.39 is 22.0 Å². The lowest BCUT2D eigenvalue weighted by Gasteiger charge is -2.37. The van der Waals surface area contributed by atoms with Gasteiger partial charge >= 0.3 is 24.1 Å². The summed E-state index contributed by atoms with van der Waals surface area (Å²) >= 11 is 0. The number of carbonyl (C=O) groups is 4. The zero-order chi connectivity index (χ0) is 40.0. The predicted octanol–water partition coefficient (Wildman–Crippen LogP) is 10.5. The normalized spacial score (nSPS) is 19.6. The van der Waals surface area contributed by atoms with Crippen molar-refractivity contribution in [3.8, 4) is 0 Å².